The Morgan fingerprint density at radius 1 is 1.37 bits per heavy atom. The third kappa shape index (κ3) is 2.40. The molecule has 1 aromatic rings. The third-order valence-electron chi connectivity index (χ3n) is 4.22. The number of hydrogen-bond acceptors (Lipinski definition) is 3. The Balaban J connectivity index is 1.80. The predicted octanol–water partition coefficient (Wildman–Crippen LogP) is 3.15. The van der Waals surface area contributed by atoms with Crippen molar-refractivity contribution in [3.05, 3.63) is 21.4 Å². The molecule has 1 saturated carbocycles. The maximum Gasteiger partial charge on any atom is 0.265 e. The van der Waals surface area contributed by atoms with Gasteiger partial charge in [0.25, 0.3) is 5.91 Å². The van der Waals surface area contributed by atoms with Crippen LogP contribution in [0.5, 0.6) is 0 Å². The van der Waals surface area contributed by atoms with Crippen molar-refractivity contribution in [3.63, 3.8) is 0 Å². The maximum atomic E-state index is 12.6. The van der Waals surface area contributed by atoms with Crippen molar-refractivity contribution in [1.82, 2.24) is 4.90 Å². The topological polar surface area (TPSA) is 44.1 Å². The molecule has 3 nitrogen and oxygen atoms in total. The molecule has 0 N–H and O–H groups in total. The summed E-state index contributed by atoms with van der Waals surface area (Å²) in [6.45, 7) is 0.228. The summed E-state index contributed by atoms with van der Waals surface area (Å²) in [5.41, 5.74) is 1.36. The smallest absolute Gasteiger partial charge is 0.265 e. The Morgan fingerprint density at radius 2 is 2.16 bits per heavy atom. The number of fused-ring (bicyclic) bond motifs is 1. The van der Waals surface area contributed by atoms with Gasteiger partial charge in [0, 0.05) is 10.9 Å². The van der Waals surface area contributed by atoms with Crippen LogP contribution in [0.1, 0.15) is 52.2 Å². The number of nitriles is 1. The molecule has 0 spiro atoms. The Bertz CT molecular complexity index is 501. The van der Waals surface area contributed by atoms with Gasteiger partial charge in [-0.3, -0.25) is 4.79 Å². The molecule has 0 unspecified atom stereocenters. The van der Waals surface area contributed by atoms with E-state index in [0.717, 1.165) is 30.6 Å². The maximum absolute atomic E-state index is 12.6. The predicted molar refractivity (Wildman–Crippen MR) is 75.2 cm³/mol. The van der Waals surface area contributed by atoms with Crippen molar-refractivity contribution in [2.24, 2.45) is 0 Å². The van der Waals surface area contributed by atoms with Crippen LogP contribution in [-0.2, 0) is 12.8 Å². The zero-order chi connectivity index (χ0) is 13.2. The van der Waals surface area contributed by atoms with Gasteiger partial charge in [-0.05, 0) is 43.7 Å². The average molecular weight is 274 g/mol. The first-order chi connectivity index (χ1) is 9.29. The van der Waals surface area contributed by atoms with Crippen LogP contribution in [0.25, 0.3) is 0 Å². The van der Waals surface area contributed by atoms with Crippen LogP contribution in [0, 0.1) is 11.3 Å². The van der Waals surface area contributed by atoms with E-state index in [4.69, 9.17) is 5.26 Å². The van der Waals surface area contributed by atoms with Gasteiger partial charge < -0.3 is 4.90 Å². The second kappa shape index (κ2) is 5.34. The van der Waals surface area contributed by atoms with E-state index >= 15 is 0 Å². The van der Waals surface area contributed by atoms with Gasteiger partial charge in [0.1, 0.15) is 6.54 Å². The fourth-order valence-corrected chi connectivity index (χ4v) is 4.44. The molecule has 2 aliphatic rings. The summed E-state index contributed by atoms with van der Waals surface area (Å²) in [6.07, 6.45) is 7.93. The Kier molecular flexibility index (Phi) is 3.56. The molecule has 0 saturated heterocycles. The van der Waals surface area contributed by atoms with Crippen LogP contribution in [0.4, 0.5) is 0 Å². The van der Waals surface area contributed by atoms with Gasteiger partial charge in [-0.1, -0.05) is 12.8 Å². The van der Waals surface area contributed by atoms with Crippen molar-refractivity contribution >= 4 is 17.2 Å². The van der Waals surface area contributed by atoms with Crippen molar-refractivity contribution in [1.29, 1.82) is 5.26 Å². The number of hydrogen-bond donors (Lipinski definition) is 0. The van der Waals surface area contributed by atoms with Crippen molar-refractivity contribution in [3.8, 4) is 6.07 Å². The minimum atomic E-state index is 0.0767. The minimum absolute atomic E-state index is 0.0767. The molecule has 1 amide bonds. The minimum Gasteiger partial charge on any atom is -0.322 e. The molecule has 2 aliphatic carbocycles. The molecule has 0 aliphatic heterocycles. The Morgan fingerprint density at radius 3 is 2.84 bits per heavy atom. The van der Waals surface area contributed by atoms with Crippen LogP contribution >= 0.6 is 11.3 Å². The highest BCUT2D eigenvalue weighted by atomic mass is 32.1. The molecule has 1 fully saturated rings. The van der Waals surface area contributed by atoms with Crippen molar-refractivity contribution in [2.45, 2.75) is 51.0 Å². The first-order valence-corrected chi connectivity index (χ1v) is 7.91. The second-order valence-corrected chi connectivity index (χ2v) is 6.58. The fraction of sp³-hybridized carbons (Fsp3) is 0.600. The SMILES string of the molecule is N#CCN(C(=O)c1cc2c(s1)CCC2)C1CCCC1. The van der Waals surface area contributed by atoms with Crippen LogP contribution in [0.2, 0.25) is 0 Å². The van der Waals surface area contributed by atoms with E-state index in [-0.39, 0.29) is 18.5 Å². The van der Waals surface area contributed by atoms with Crippen molar-refractivity contribution < 1.29 is 4.79 Å². The van der Waals surface area contributed by atoms with E-state index in [2.05, 4.69) is 12.1 Å². The van der Waals surface area contributed by atoms with Gasteiger partial charge in [0.2, 0.25) is 0 Å². The van der Waals surface area contributed by atoms with E-state index in [9.17, 15) is 4.79 Å². The summed E-state index contributed by atoms with van der Waals surface area (Å²) in [5, 5.41) is 8.97. The third-order valence-corrected chi connectivity index (χ3v) is 5.45. The molecule has 0 radical (unpaired) electrons. The van der Waals surface area contributed by atoms with Crippen molar-refractivity contribution in [2.75, 3.05) is 6.54 Å². The molecule has 100 valence electrons. The first kappa shape index (κ1) is 12.7. The monoisotopic (exact) mass is 274 g/mol. The number of amides is 1. The van der Waals surface area contributed by atoms with Gasteiger partial charge in [0.15, 0.2) is 0 Å². The lowest BCUT2D eigenvalue weighted by Crippen LogP contribution is -2.38. The summed E-state index contributed by atoms with van der Waals surface area (Å²) in [7, 11) is 0. The molecule has 3 rings (SSSR count). The zero-order valence-corrected chi connectivity index (χ0v) is 11.8. The highest BCUT2D eigenvalue weighted by molar-refractivity contribution is 7.14. The van der Waals surface area contributed by atoms with E-state index in [0.29, 0.717) is 0 Å². The van der Waals surface area contributed by atoms with Crippen LogP contribution in [-0.4, -0.2) is 23.4 Å². The molecule has 1 aromatic heterocycles. The zero-order valence-electron chi connectivity index (χ0n) is 11.0. The largest absolute Gasteiger partial charge is 0.322 e. The lowest BCUT2D eigenvalue weighted by molar-refractivity contribution is 0.0714. The van der Waals surface area contributed by atoms with Gasteiger partial charge in [0.05, 0.1) is 10.9 Å². The van der Waals surface area contributed by atoms with E-state index in [1.54, 1.807) is 16.2 Å². The number of carbonyl (C=O) groups excluding carboxylic acids is 1. The Hall–Kier alpha value is -1.34. The number of aryl methyl sites for hydroxylation is 2. The molecule has 0 bridgehead atoms. The molecule has 0 atom stereocenters. The first-order valence-electron chi connectivity index (χ1n) is 7.09. The fourth-order valence-electron chi connectivity index (χ4n) is 3.23. The second-order valence-electron chi connectivity index (χ2n) is 5.44. The van der Waals surface area contributed by atoms with Gasteiger partial charge >= 0.3 is 0 Å². The highest BCUT2D eigenvalue weighted by Crippen LogP contribution is 2.32. The summed E-state index contributed by atoms with van der Waals surface area (Å²) < 4.78 is 0. The number of nitrogens with zero attached hydrogens (tertiary/aromatic N) is 2. The van der Waals surface area contributed by atoms with Gasteiger partial charge in [-0.15, -0.1) is 11.3 Å². The molecule has 19 heavy (non-hydrogen) atoms. The number of carbonyl (C=O) groups is 1. The summed E-state index contributed by atoms with van der Waals surface area (Å²) in [4.78, 5) is 16.6. The molecular formula is C15H18N2OS. The van der Waals surface area contributed by atoms with Gasteiger partial charge in [-0.2, -0.15) is 5.26 Å². The van der Waals surface area contributed by atoms with E-state index in [1.165, 1.54) is 29.7 Å². The summed E-state index contributed by atoms with van der Waals surface area (Å²) in [6, 6.07) is 4.50. The van der Waals surface area contributed by atoms with Gasteiger partial charge in [-0.25, -0.2) is 0 Å². The lowest BCUT2D eigenvalue weighted by atomic mass is 10.2. The molecule has 1 heterocycles. The Labute approximate surface area is 117 Å². The van der Waals surface area contributed by atoms with E-state index in [1.807, 2.05) is 0 Å². The van der Waals surface area contributed by atoms with E-state index < -0.39 is 0 Å². The summed E-state index contributed by atoms with van der Waals surface area (Å²) in [5.74, 6) is 0.0767. The molecule has 4 heteroatoms. The van der Waals surface area contributed by atoms with Crippen LogP contribution in [0.15, 0.2) is 6.07 Å². The van der Waals surface area contributed by atoms with Crippen LogP contribution < -0.4 is 0 Å². The number of thiophene rings is 1. The molecule has 0 aromatic carbocycles. The molecular weight excluding hydrogens is 256 g/mol. The highest BCUT2D eigenvalue weighted by Gasteiger charge is 2.29. The summed E-state index contributed by atoms with van der Waals surface area (Å²) >= 11 is 1.64. The number of rotatable bonds is 3. The average Bonchev–Trinajstić information content (AvgIpc) is 3.09. The lowest BCUT2D eigenvalue weighted by Gasteiger charge is -2.25. The normalized spacial score (nSPS) is 18.3. The quantitative estimate of drug-likeness (QED) is 0.795. The van der Waals surface area contributed by atoms with Crippen LogP contribution in [0.3, 0.4) is 0 Å². The standard InChI is InChI=1S/C15H18N2OS/c16-8-9-17(12-5-1-2-6-12)15(18)14-10-11-4-3-7-13(11)19-14/h10,12H,1-7,9H2.